The van der Waals surface area contributed by atoms with Crippen LogP contribution in [-0.4, -0.2) is 18.6 Å². The van der Waals surface area contributed by atoms with Crippen LogP contribution in [0.1, 0.15) is 13.3 Å². The number of amides is 1. The minimum absolute atomic E-state index is 0. The highest BCUT2D eigenvalue weighted by Crippen LogP contribution is 2.22. The molecule has 0 heterocycles. The zero-order valence-corrected chi connectivity index (χ0v) is 10.8. The molecule has 0 aliphatic rings. The molecule has 1 aromatic rings. The van der Waals surface area contributed by atoms with E-state index in [0.29, 0.717) is 0 Å². The van der Waals surface area contributed by atoms with Gasteiger partial charge in [-0.15, -0.1) is 12.4 Å². The molecule has 0 bridgehead atoms. The van der Waals surface area contributed by atoms with Crippen LogP contribution in [0.4, 0.5) is 18.9 Å². The Bertz CT molecular complexity index is 430. The standard InChI is InChI=1S/C11H13F3N2O2.ClH/c1-6(15)4-10(17)16-7-2-3-9(8(12)5-7)18-11(13)14;/h2-3,5-6,11H,4,15H2,1H3,(H,16,17);1H. The quantitative estimate of drug-likeness (QED) is 0.878. The number of hydrogen-bond acceptors (Lipinski definition) is 3. The lowest BCUT2D eigenvalue weighted by Crippen LogP contribution is -2.24. The van der Waals surface area contributed by atoms with Gasteiger partial charge < -0.3 is 15.8 Å². The van der Waals surface area contributed by atoms with E-state index in [1.54, 1.807) is 6.92 Å². The maximum absolute atomic E-state index is 13.3. The molecule has 1 unspecified atom stereocenters. The number of hydrogen-bond donors (Lipinski definition) is 2. The molecule has 4 nitrogen and oxygen atoms in total. The van der Waals surface area contributed by atoms with E-state index >= 15 is 0 Å². The molecule has 1 amide bonds. The summed E-state index contributed by atoms with van der Waals surface area (Å²) in [5.41, 5.74) is 5.57. The van der Waals surface area contributed by atoms with Gasteiger partial charge in [0.05, 0.1) is 0 Å². The molecule has 0 radical (unpaired) electrons. The molecule has 1 rings (SSSR count). The van der Waals surface area contributed by atoms with E-state index in [1.165, 1.54) is 6.07 Å². The fourth-order valence-electron chi connectivity index (χ4n) is 1.27. The summed E-state index contributed by atoms with van der Waals surface area (Å²) in [6.45, 7) is -1.45. The first-order chi connectivity index (χ1) is 8.38. The van der Waals surface area contributed by atoms with Crippen molar-refractivity contribution in [3.05, 3.63) is 24.0 Å². The topological polar surface area (TPSA) is 64.4 Å². The molecule has 0 aromatic heterocycles. The number of halogens is 4. The number of ether oxygens (including phenoxy) is 1. The molecule has 0 spiro atoms. The second-order valence-corrected chi connectivity index (χ2v) is 3.75. The van der Waals surface area contributed by atoms with Gasteiger partial charge in [-0.3, -0.25) is 4.79 Å². The normalized spacial score (nSPS) is 11.7. The van der Waals surface area contributed by atoms with Crippen molar-refractivity contribution in [3.63, 3.8) is 0 Å². The Kier molecular flexibility index (Phi) is 7.25. The zero-order valence-electron chi connectivity index (χ0n) is 10.0. The van der Waals surface area contributed by atoms with Gasteiger partial charge in [-0.2, -0.15) is 8.78 Å². The highest BCUT2D eigenvalue weighted by atomic mass is 35.5. The van der Waals surface area contributed by atoms with Crippen LogP contribution in [0.3, 0.4) is 0 Å². The number of anilines is 1. The minimum Gasteiger partial charge on any atom is -0.432 e. The Morgan fingerprint density at radius 2 is 2.11 bits per heavy atom. The van der Waals surface area contributed by atoms with Gasteiger partial charge in [0.1, 0.15) is 0 Å². The summed E-state index contributed by atoms with van der Waals surface area (Å²) in [5.74, 6) is -1.93. The van der Waals surface area contributed by atoms with E-state index < -0.39 is 18.2 Å². The Labute approximate surface area is 114 Å². The van der Waals surface area contributed by atoms with Crippen molar-refractivity contribution in [2.75, 3.05) is 5.32 Å². The van der Waals surface area contributed by atoms with E-state index in [1.807, 2.05) is 0 Å². The maximum atomic E-state index is 13.3. The number of alkyl halides is 2. The molecule has 0 aliphatic carbocycles. The average Bonchev–Trinajstić information content (AvgIpc) is 2.20. The van der Waals surface area contributed by atoms with E-state index in [0.717, 1.165) is 12.1 Å². The summed E-state index contributed by atoms with van der Waals surface area (Å²) < 4.78 is 41.0. The predicted octanol–water partition coefficient (Wildman–Crippen LogP) is 2.52. The zero-order chi connectivity index (χ0) is 13.7. The third-order valence-electron chi connectivity index (χ3n) is 1.94. The van der Waals surface area contributed by atoms with Gasteiger partial charge in [-0.1, -0.05) is 0 Å². The lowest BCUT2D eigenvalue weighted by Gasteiger charge is -2.09. The average molecular weight is 299 g/mol. The van der Waals surface area contributed by atoms with Crippen LogP contribution in [0.5, 0.6) is 5.75 Å². The molecule has 108 valence electrons. The first-order valence-corrected chi connectivity index (χ1v) is 5.18. The molecule has 19 heavy (non-hydrogen) atoms. The number of benzene rings is 1. The third kappa shape index (κ3) is 6.30. The number of carbonyl (C=O) groups excluding carboxylic acids is 1. The fourth-order valence-corrected chi connectivity index (χ4v) is 1.27. The van der Waals surface area contributed by atoms with Crippen molar-refractivity contribution in [2.45, 2.75) is 26.0 Å². The maximum Gasteiger partial charge on any atom is 0.387 e. The summed E-state index contributed by atoms with van der Waals surface area (Å²) in [4.78, 5) is 11.3. The summed E-state index contributed by atoms with van der Waals surface area (Å²) in [6.07, 6.45) is 0.0803. The summed E-state index contributed by atoms with van der Waals surface area (Å²) in [5, 5.41) is 2.39. The van der Waals surface area contributed by atoms with Crippen molar-refractivity contribution in [1.29, 1.82) is 0 Å². The third-order valence-corrected chi connectivity index (χ3v) is 1.94. The van der Waals surface area contributed by atoms with E-state index in [9.17, 15) is 18.0 Å². The SMILES string of the molecule is CC(N)CC(=O)Nc1ccc(OC(F)F)c(F)c1.Cl. The van der Waals surface area contributed by atoms with Gasteiger partial charge in [-0.25, -0.2) is 4.39 Å². The molecule has 1 aromatic carbocycles. The number of carbonyl (C=O) groups is 1. The molecule has 0 saturated carbocycles. The smallest absolute Gasteiger partial charge is 0.387 e. The lowest BCUT2D eigenvalue weighted by molar-refractivity contribution is -0.116. The van der Waals surface area contributed by atoms with Crippen molar-refractivity contribution in [3.8, 4) is 5.75 Å². The van der Waals surface area contributed by atoms with Crippen LogP contribution < -0.4 is 15.8 Å². The second kappa shape index (κ2) is 7.85. The van der Waals surface area contributed by atoms with Gasteiger partial charge in [0.2, 0.25) is 5.91 Å². The van der Waals surface area contributed by atoms with E-state index in [4.69, 9.17) is 5.73 Å². The Balaban J connectivity index is 0.00000324. The predicted molar refractivity (Wildman–Crippen MR) is 67.2 cm³/mol. The van der Waals surface area contributed by atoms with Gasteiger partial charge in [-0.05, 0) is 19.1 Å². The molecular weight excluding hydrogens is 285 g/mol. The molecule has 1 atom stereocenters. The van der Waals surface area contributed by atoms with Crippen LogP contribution in [0, 0.1) is 5.82 Å². The number of rotatable bonds is 5. The molecule has 0 saturated heterocycles. The monoisotopic (exact) mass is 298 g/mol. The van der Waals surface area contributed by atoms with Gasteiger partial charge in [0, 0.05) is 24.2 Å². The van der Waals surface area contributed by atoms with E-state index in [2.05, 4.69) is 10.1 Å². The van der Waals surface area contributed by atoms with Crippen LogP contribution in [0.15, 0.2) is 18.2 Å². The van der Waals surface area contributed by atoms with Crippen molar-refractivity contribution in [2.24, 2.45) is 5.73 Å². The van der Waals surface area contributed by atoms with Crippen molar-refractivity contribution < 1.29 is 22.7 Å². The lowest BCUT2D eigenvalue weighted by atomic mass is 10.2. The Hall–Kier alpha value is -1.47. The summed E-state index contributed by atoms with van der Waals surface area (Å²) >= 11 is 0. The van der Waals surface area contributed by atoms with Crippen LogP contribution >= 0.6 is 12.4 Å². The number of nitrogens with two attached hydrogens (primary N) is 1. The Morgan fingerprint density at radius 3 is 2.58 bits per heavy atom. The second-order valence-electron chi connectivity index (χ2n) is 3.75. The summed E-state index contributed by atoms with van der Waals surface area (Å²) in [7, 11) is 0. The van der Waals surface area contributed by atoms with Gasteiger partial charge in [0.15, 0.2) is 11.6 Å². The highest BCUT2D eigenvalue weighted by Gasteiger charge is 2.11. The summed E-state index contributed by atoms with van der Waals surface area (Å²) in [6, 6.07) is 2.86. The molecular formula is C11H14ClF3N2O2. The first kappa shape index (κ1) is 17.5. The van der Waals surface area contributed by atoms with Crippen LogP contribution in [-0.2, 0) is 4.79 Å². The molecule has 0 fully saturated rings. The van der Waals surface area contributed by atoms with Crippen molar-refractivity contribution in [1.82, 2.24) is 0 Å². The minimum atomic E-state index is -3.10. The van der Waals surface area contributed by atoms with E-state index in [-0.39, 0.29) is 36.5 Å². The van der Waals surface area contributed by atoms with Gasteiger partial charge >= 0.3 is 6.61 Å². The van der Waals surface area contributed by atoms with Crippen LogP contribution in [0.25, 0.3) is 0 Å². The first-order valence-electron chi connectivity index (χ1n) is 5.18. The molecule has 3 N–H and O–H groups in total. The molecule has 8 heteroatoms. The fraction of sp³-hybridized carbons (Fsp3) is 0.364. The van der Waals surface area contributed by atoms with Gasteiger partial charge in [0.25, 0.3) is 0 Å². The largest absolute Gasteiger partial charge is 0.432 e. The Morgan fingerprint density at radius 1 is 1.47 bits per heavy atom. The van der Waals surface area contributed by atoms with Crippen LogP contribution in [0.2, 0.25) is 0 Å². The molecule has 0 aliphatic heterocycles. The van der Waals surface area contributed by atoms with Crippen molar-refractivity contribution >= 4 is 24.0 Å². The number of nitrogens with one attached hydrogen (secondary N) is 1. The highest BCUT2D eigenvalue weighted by molar-refractivity contribution is 5.91.